The van der Waals surface area contributed by atoms with Crippen molar-refractivity contribution in [1.29, 1.82) is 0 Å². The van der Waals surface area contributed by atoms with Crippen molar-refractivity contribution in [3.05, 3.63) is 24.4 Å². The van der Waals surface area contributed by atoms with E-state index in [1.54, 1.807) is 0 Å². The molecule has 1 nitrogen and oxygen atoms in total. The average molecular weight is 146 g/mol. The van der Waals surface area contributed by atoms with Gasteiger partial charge in [0, 0.05) is 0 Å². The highest BCUT2D eigenvalue weighted by Crippen LogP contribution is 2.02. The summed E-state index contributed by atoms with van der Waals surface area (Å²) in [6, 6.07) is 0. The van der Waals surface area contributed by atoms with Gasteiger partial charge in [-0.1, -0.05) is 6.08 Å². The van der Waals surface area contributed by atoms with Crippen LogP contribution in [0.4, 0.5) is 0 Å². The van der Waals surface area contributed by atoms with Crippen LogP contribution in [0.5, 0.6) is 0 Å². The zero-order chi connectivity index (χ0) is 6.04. The molecule has 1 rings (SSSR count). The standard InChI is InChI=1S/C7H12N.ClH/c1-8(2)6-4-3-5-7-8;/h3-6H,7H2,1-2H3;1H/q+1;/p-1. The maximum atomic E-state index is 2.18. The highest BCUT2D eigenvalue weighted by Gasteiger charge is 2.08. The number of nitrogens with zero attached hydrogens (tertiary/aromatic N) is 1. The number of allylic oxidation sites excluding steroid dienone is 2. The quantitative estimate of drug-likeness (QED) is 0.351. The molecule has 0 aliphatic carbocycles. The molecule has 0 saturated heterocycles. The van der Waals surface area contributed by atoms with Crippen LogP contribution in [0.25, 0.3) is 0 Å². The molecule has 0 bridgehead atoms. The van der Waals surface area contributed by atoms with E-state index in [1.807, 2.05) is 0 Å². The maximum absolute atomic E-state index is 2.18. The lowest BCUT2D eigenvalue weighted by molar-refractivity contribution is -0.833. The minimum absolute atomic E-state index is 0. The predicted molar refractivity (Wildman–Crippen MR) is 35.3 cm³/mol. The summed E-state index contributed by atoms with van der Waals surface area (Å²) in [7, 11) is 4.36. The average Bonchev–Trinajstić information content (AvgIpc) is 1.65. The first kappa shape index (κ1) is 8.73. The van der Waals surface area contributed by atoms with Crippen LogP contribution in [0.2, 0.25) is 0 Å². The third-order valence-corrected chi connectivity index (χ3v) is 1.31. The molecule has 52 valence electrons. The van der Waals surface area contributed by atoms with E-state index >= 15 is 0 Å². The Morgan fingerprint density at radius 3 is 2.11 bits per heavy atom. The van der Waals surface area contributed by atoms with E-state index < -0.39 is 0 Å². The third kappa shape index (κ3) is 2.68. The lowest BCUT2D eigenvalue weighted by Gasteiger charge is -2.24. The molecule has 0 saturated carbocycles. The largest absolute Gasteiger partial charge is 1.00 e. The summed E-state index contributed by atoms with van der Waals surface area (Å²) in [5.74, 6) is 0. The summed E-state index contributed by atoms with van der Waals surface area (Å²) in [5.41, 5.74) is 0. The molecule has 0 unspecified atom stereocenters. The minimum Gasteiger partial charge on any atom is -1.00 e. The van der Waals surface area contributed by atoms with Gasteiger partial charge < -0.3 is 12.4 Å². The van der Waals surface area contributed by atoms with Crippen LogP contribution in [0.1, 0.15) is 0 Å². The molecule has 1 aliphatic heterocycles. The highest BCUT2D eigenvalue weighted by atomic mass is 35.5. The number of hydrogen-bond acceptors (Lipinski definition) is 0. The summed E-state index contributed by atoms with van der Waals surface area (Å²) >= 11 is 0. The summed E-state index contributed by atoms with van der Waals surface area (Å²) in [4.78, 5) is 0. The Bertz CT molecular complexity index is 136. The van der Waals surface area contributed by atoms with Crippen LogP contribution >= 0.6 is 0 Å². The minimum atomic E-state index is 0. The molecule has 0 spiro atoms. The molecule has 1 aliphatic rings. The second-order valence-electron chi connectivity index (χ2n) is 2.73. The van der Waals surface area contributed by atoms with E-state index in [-0.39, 0.29) is 12.4 Å². The first-order chi connectivity index (χ1) is 3.71. The molecule has 0 fully saturated rings. The van der Waals surface area contributed by atoms with E-state index in [0.29, 0.717) is 0 Å². The van der Waals surface area contributed by atoms with Crippen molar-refractivity contribution in [2.24, 2.45) is 0 Å². The summed E-state index contributed by atoms with van der Waals surface area (Å²) in [6.45, 7) is 1.12. The van der Waals surface area contributed by atoms with Gasteiger partial charge in [-0.2, -0.15) is 0 Å². The summed E-state index contributed by atoms with van der Waals surface area (Å²) in [5, 5.41) is 0. The van der Waals surface area contributed by atoms with E-state index in [1.165, 1.54) is 0 Å². The van der Waals surface area contributed by atoms with Crippen molar-refractivity contribution >= 4 is 0 Å². The van der Waals surface area contributed by atoms with Crippen LogP contribution in [0.3, 0.4) is 0 Å². The predicted octanol–water partition coefficient (Wildman–Crippen LogP) is -1.85. The maximum Gasteiger partial charge on any atom is 0.101 e. The molecule has 0 aromatic carbocycles. The topological polar surface area (TPSA) is 0 Å². The molecule has 0 aromatic heterocycles. The van der Waals surface area contributed by atoms with Gasteiger partial charge in [0.25, 0.3) is 0 Å². The normalized spacial score (nSPS) is 21.1. The second-order valence-corrected chi connectivity index (χ2v) is 2.73. The van der Waals surface area contributed by atoms with Crippen molar-refractivity contribution in [1.82, 2.24) is 0 Å². The molecule has 0 amide bonds. The Labute approximate surface area is 62.7 Å². The fourth-order valence-electron chi connectivity index (χ4n) is 0.755. The van der Waals surface area contributed by atoms with E-state index in [2.05, 4.69) is 38.5 Å². The van der Waals surface area contributed by atoms with Crippen LogP contribution < -0.4 is 12.4 Å². The van der Waals surface area contributed by atoms with Gasteiger partial charge in [-0.15, -0.1) is 0 Å². The number of quaternary nitrogens is 1. The Hall–Kier alpha value is -0.270. The van der Waals surface area contributed by atoms with Crippen LogP contribution in [0, 0.1) is 0 Å². The van der Waals surface area contributed by atoms with Gasteiger partial charge in [0.1, 0.15) is 6.54 Å². The molecular weight excluding hydrogens is 134 g/mol. The van der Waals surface area contributed by atoms with Gasteiger partial charge in [-0.25, -0.2) is 0 Å². The molecule has 0 atom stereocenters. The van der Waals surface area contributed by atoms with Crippen molar-refractivity contribution in [3.8, 4) is 0 Å². The van der Waals surface area contributed by atoms with Gasteiger partial charge in [0.15, 0.2) is 0 Å². The smallest absolute Gasteiger partial charge is 0.101 e. The zero-order valence-electron chi connectivity index (χ0n) is 5.84. The first-order valence-electron chi connectivity index (χ1n) is 2.88. The van der Waals surface area contributed by atoms with Crippen molar-refractivity contribution in [2.75, 3.05) is 20.6 Å². The molecule has 0 radical (unpaired) electrons. The van der Waals surface area contributed by atoms with Gasteiger partial charge in [0.05, 0.1) is 20.3 Å². The van der Waals surface area contributed by atoms with Crippen LogP contribution in [-0.4, -0.2) is 25.1 Å². The lowest BCUT2D eigenvalue weighted by Crippen LogP contribution is -3.00. The van der Waals surface area contributed by atoms with Crippen molar-refractivity contribution < 1.29 is 16.9 Å². The SMILES string of the molecule is C[N+]1(C)C=CC=CC1.[Cl-]. The molecule has 1 heterocycles. The molecular formula is C7H12ClN. The van der Waals surface area contributed by atoms with E-state index in [4.69, 9.17) is 0 Å². The Morgan fingerprint density at radius 2 is 1.89 bits per heavy atom. The number of likely N-dealkylation sites (N-methyl/N-ethyl adjacent to an activating group) is 1. The van der Waals surface area contributed by atoms with Gasteiger partial charge in [0.2, 0.25) is 0 Å². The van der Waals surface area contributed by atoms with Crippen LogP contribution in [0.15, 0.2) is 24.4 Å². The lowest BCUT2D eigenvalue weighted by atomic mass is 10.3. The van der Waals surface area contributed by atoms with Gasteiger partial charge in [-0.05, 0) is 12.2 Å². The Kier molecular flexibility index (Phi) is 2.95. The fourth-order valence-corrected chi connectivity index (χ4v) is 0.755. The van der Waals surface area contributed by atoms with Crippen LogP contribution in [-0.2, 0) is 0 Å². The monoisotopic (exact) mass is 145 g/mol. The Balaban J connectivity index is 0.000000640. The first-order valence-corrected chi connectivity index (χ1v) is 2.88. The third-order valence-electron chi connectivity index (χ3n) is 1.31. The van der Waals surface area contributed by atoms with E-state index in [9.17, 15) is 0 Å². The van der Waals surface area contributed by atoms with Gasteiger partial charge in [-0.3, -0.25) is 4.48 Å². The van der Waals surface area contributed by atoms with Gasteiger partial charge >= 0.3 is 0 Å². The number of rotatable bonds is 0. The summed E-state index contributed by atoms with van der Waals surface area (Å²) < 4.78 is 0.983. The zero-order valence-corrected chi connectivity index (χ0v) is 6.60. The number of halogens is 1. The Morgan fingerprint density at radius 1 is 1.22 bits per heavy atom. The van der Waals surface area contributed by atoms with E-state index in [0.717, 1.165) is 11.0 Å². The molecule has 0 aromatic rings. The van der Waals surface area contributed by atoms with Crippen molar-refractivity contribution in [3.63, 3.8) is 0 Å². The summed E-state index contributed by atoms with van der Waals surface area (Å²) in [6.07, 6.45) is 8.53. The molecule has 9 heavy (non-hydrogen) atoms. The molecule has 0 N–H and O–H groups in total. The molecule has 2 heteroatoms. The fraction of sp³-hybridized carbons (Fsp3) is 0.429. The van der Waals surface area contributed by atoms with Crippen molar-refractivity contribution in [2.45, 2.75) is 0 Å². The highest BCUT2D eigenvalue weighted by molar-refractivity contribution is 5.03. The second kappa shape index (κ2) is 3.04. The number of hydrogen-bond donors (Lipinski definition) is 0.